The monoisotopic (exact) mass is 449 g/mol. The number of imidazole rings is 1. The molecule has 8 nitrogen and oxygen atoms in total. The Balaban J connectivity index is 1.55. The molecule has 0 aliphatic carbocycles. The molecule has 5 aromatic rings. The van der Waals surface area contributed by atoms with Gasteiger partial charge in [-0.3, -0.25) is 9.55 Å². The van der Waals surface area contributed by atoms with Crippen LogP contribution in [-0.2, 0) is 5.60 Å². The van der Waals surface area contributed by atoms with E-state index in [0.717, 1.165) is 29.0 Å². The van der Waals surface area contributed by atoms with Gasteiger partial charge >= 0.3 is 0 Å². The van der Waals surface area contributed by atoms with Crippen molar-refractivity contribution in [3.05, 3.63) is 84.8 Å². The average Bonchev–Trinajstić information content (AvgIpc) is 3.49. The van der Waals surface area contributed by atoms with Crippen molar-refractivity contribution in [2.75, 3.05) is 18.8 Å². The normalized spacial score (nSPS) is 17.9. The van der Waals surface area contributed by atoms with Crippen LogP contribution in [0.15, 0.2) is 79.1 Å². The quantitative estimate of drug-likeness (QED) is 0.386. The molecule has 0 amide bonds. The molecule has 1 aliphatic heterocycles. The van der Waals surface area contributed by atoms with Gasteiger partial charge in [-0.25, -0.2) is 15.0 Å². The fourth-order valence-electron chi connectivity index (χ4n) is 4.45. The van der Waals surface area contributed by atoms with Gasteiger partial charge < -0.3 is 16.2 Å². The maximum absolute atomic E-state index is 10.9. The van der Waals surface area contributed by atoms with Crippen LogP contribution in [0.5, 0.6) is 0 Å². The highest BCUT2D eigenvalue weighted by atomic mass is 16.3. The van der Waals surface area contributed by atoms with Crippen LogP contribution in [-0.4, -0.2) is 42.7 Å². The minimum Gasteiger partial charge on any atom is -0.383 e. The second-order valence-corrected chi connectivity index (χ2v) is 8.47. The molecule has 0 bridgehead atoms. The molecule has 4 aromatic heterocycles. The number of hydrogen-bond acceptors (Lipinski definition) is 7. The minimum absolute atomic E-state index is 0.387. The van der Waals surface area contributed by atoms with Crippen molar-refractivity contribution in [1.29, 1.82) is 0 Å². The summed E-state index contributed by atoms with van der Waals surface area (Å²) < 4.78 is 1.95. The lowest BCUT2D eigenvalue weighted by Crippen LogP contribution is -2.29. The van der Waals surface area contributed by atoms with Crippen molar-refractivity contribution in [3.63, 3.8) is 0 Å². The number of aliphatic hydroxyl groups is 1. The topological polar surface area (TPSA) is 115 Å². The third-order valence-corrected chi connectivity index (χ3v) is 6.27. The number of nitrogens with two attached hydrogens (primary N) is 1. The maximum Gasteiger partial charge on any atom is 0.165 e. The molecule has 6 rings (SSSR count). The van der Waals surface area contributed by atoms with Crippen LogP contribution in [0.3, 0.4) is 0 Å². The number of pyridine rings is 3. The van der Waals surface area contributed by atoms with E-state index in [0.29, 0.717) is 41.5 Å². The summed E-state index contributed by atoms with van der Waals surface area (Å²) in [5, 5.41) is 14.1. The first kappa shape index (κ1) is 20.5. The predicted molar refractivity (Wildman–Crippen MR) is 131 cm³/mol. The van der Waals surface area contributed by atoms with E-state index in [-0.39, 0.29) is 0 Å². The molecule has 1 aromatic carbocycles. The summed E-state index contributed by atoms with van der Waals surface area (Å²) in [6, 6.07) is 21.5. The highest BCUT2D eigenvalue weighted by Gasteiger charge is 2.34. The van der Waals surface area contributed by atoms with Gasteiger partial charge in [0.25, 0.3) is 0 Å². The molecule has 1 aliphatic rings. The van der Waals surface area contributed by atoms with Gasteiger partial charge in [-0.1, -0.05) is 30.3 Å². The van der Waals surface area contributed by atoms with Crippen molar-refractivity contribution in [2.45, 2.75) is 12.0 Å². The molecule has 1 fully saturated rings. The smallest absolute Gasteiger partial charge is 0.165 e. The van der Waals surface area contributed by atoms with Crippen LogP contribution < -0.4 is 11.1 Å². The van der Waals surface area contributed by atoms with Crippen LogP contribution in [0.4, 0.5) is 5.82 Å². The molecule has 5 heterocycles. The Labute approximate surface area is 196 Å². The average molecular weight is 450 g/mol. The van der Waals surface area contributed by atoms with Gasteiger partial charge in [0, 0.05) is 18.3 Å². The molecule has 168 valence electrons. The fourth-order valence-corrected chi connectivity index (χ4v) is 4.45. The summed E-state index contributed by atoms with van der Waals surface area (Å²) in [6.45, 7) is 1.26. The van der Waals surface area contributed by atoms with Crippen LogP contribution in [0.1, 0.15) is 12.1 Å². The van der Waals surface area contributed by atoms with Crippen molar-refractivity contribution in [2.24, 2.45) is 0 Å². The largest absolute Gasteiger partial charge is 0.383 e. The summed E-state index contributed by atoms with van der Waals surface area (Å²) in [6.07, 6.45) is 4.04. The fraction of sp³-hybridized carbons (Fsp3) is 0.154. The summed E-state index contributed by atoms with van der Waals surface area (Å²) in [7, 11) is 0. The van der Waals surface area contributed by atoms with E-state index < -0.39 is 5.60 Å². The molecule has 1 saturated heterocycles. The molecular weight excluding hydrogens is 426 g/mol. The van der Waals surface area contributed by atoms with Gasteiger partial charge in [0.1, 0.15) is 16.9 Å². The standard InChI is InChI=1S/C26H23N7O/c27-23-19(7-4-13-29-23)24-32-21-10-9-20(17-5-2-1-3-6-17)31-25(21)33(24)18-8-11-22(30-15-18)26(34)12-14-28-16-26/h1-11,13,15,28,34H,12,14,16H2,(H2,27,29). The predicted octanol–water partition coefficient (Wildman–Crippen LogP) is 3.31. The summed E-state index contributed by atoms with van der Waals surface area (Å²) >= 11 is 0. The van der Waals surface area contributed by atoms with Crippen LogP contribution in [0.25, 0.3) is 39.5 Å². The van der Waals surface area contributed by atoms with E-state index in [1.807, 2.05) is 71.3 Å². The SMILES string of the molecule is Nc1ncccc1-c1nc2ccc(-c3ccccc3)nc2n1-c1ccc(C2(O)CCNC2)nc1. The Bertz CT molecular complexity index is 1470. The lowest BCUT2D eigenvalue weighted by atomic mass is 9.98. The number of hydrogen-bond donors (Lipinski definition) is 3. The minimum atomic E-state index is -0.953. The molecule has 34 heavy (non-hydrogen) atoms. The Morgan fingerprint density at radius 2 is 1.82 bits per heavy atom. The van der Waals surface area contributed by atoms with E-state index in [4.69, 9.17) is 15.7 Å². The number of benzene rings is 1. The van der Waals surface area contributed by atoms with Gasteiger partial charge in [-0.2, -0.15) is 0 Å². The summed E-state index contributed by atoms with van der Waals surface area (Å²) in [5.41, 5.74) is 10.7. The number of nitrogen functional groups attached to an aromatic ring is 1. The number of β-amino-alcohol motifs (C(OH)–C–C–N with tert-alkyl or cyclic N) is 1. The van der Waals surface area contributed by atoms with Crippen LogP contribution >= 0.6 is 0 Å². The molecule has 4 N–H and O–H groups in total. The molecule has 0 saturated carbocycles. The van der Waals surface area contributed by atoms with Gasteiger partial charge in [-0.05, 0) is 49.4 Å². The Kier molecular flexibility index (Phi) is 4.83. The van der Waals surface area contributed by atoms with E-state index >= 15 is 0 Å². The van der Waals surface area contributed by atoms with Crippen molar-refractivity contribution in [1.82, 2.24) is 29.8 Å². The Morgan fingerprint density at radius 3 is 2.56 bits per heavy atom. The molecular formula is C26H23N7O. The second kappa shape index (κ2) is 8.02. The molecule has 0 spiro atoms. The van der Waals surface area contributed by atoms with Gasteiger partial charge in [0.05, 0.1) is 28.8 Å². The number of fused-ring (bicyclic) bond motifs is 1. The molecule has 0 radical (unpaired) electrons. The number of aromatic nitrogens is 5. The lowest BCUT2D eigenvalue weighted by Gasteiger charge is -2.21. The summed E-state index contributed by atoms with van der Waals surface area (Å²) in [5.74, 6) is 1.02. The first-order chi connectivity index (χ1) is 16.6. The lowest BCUT2D eigenvalue weighted by molar-refractivity contribution is 0.0542. The third kappa shape index (κ3) is 3.40. The van der Waals surface area contributed by atoms with Gasteiger partial charge in [0.2, 0.25) is 0 Å². The van der Waals surface area contributed by atoms with Gasteiger partial charge in [0.15, 0.2) is 11.5 Å². The first-order valence-corrected chi connectivity index (χ1v) is 11.2. The highest BCUT2D eigenvalue weighted by Crippen LogP contribution is 2.32. The van der Waals surface area contributed by atoms with Crippen molar-refractivity contribution < 1.29 is 5.11 Å². The Morgan fingerprint density at radius 1 is 0.941 bits per heavy atom. The van der Waals surface area contributed by atoms with Crippen molar-refractivity contribution in [3.8, 4) is 28.3 Å². The number of anilines is 1. The zero-order valence-electron chi connectivity index (χ0n) is 18.4. The van der Waals surface area contributed by atoms with E-state index in [2.05, 4.69) is 15.3 Å². The molecule has 8 heteroatoms. The van der Waals surface area contributed by atoms with E-state index in [1.54, 1.807) is 12.4 Å². The molecule has 1 unspecified atom stereocenters. The maximum atomic E-state index is 10.9. The van der Waals surface area contributed by atoms with Crippen LogP contribution in [0, 0.1) is 0 Å². The number of rotatable bonds is 4. The first-order valence-electron chi connectivity index (χ1n) is 11.2. The van der Waals surface area contributed by atoms with Crippen molar-refractivity contribution >= 4 is 17.0 Å². The highest BCUT2D eigenvalue weighted by molar-refractivity contribution is 5.84. The zero-order valence-corrected chi connectivity index (χ0v) is 18.4. The second-order valence-electron chi connectivity index (χ2n) is 8.47. The molecule has 1 atom stereocenters. The Hall–Kier alpha value is -4.14. The summed E-state index contributed by atoms with van der Waals surface area (Å²) in [4.78, 5) is 18.7. The van der Waals surface area contributed by atoms with E-state index in [1.165, 1.54) is 0 Å². The third-order valence-electron chi connectivity index (χ3n) is 6.27. The van der Waals surface area contributed by atoms with Gasteiger partial charge in [-0.15, -0.1) is 0 Å². The van der Waals surface area contributed by atoms with E-state index in [9.17, 15) is 5.11 Å². The zero-order chi connectivity index (χ0) is 23.1. The van der Waals surface area contributed by atoms with Crippen LogP contribution in [0.2, 0.25) is 0 Å². The number of nitrogens with one attached hydrogen (secondary N) is 1. The number of nitrogens with zero attached hydrogens (tertiary/aromatic N) is 5.